The van der Waals surface area contributed by atoms with Crippen molar-refractivity contribution in [2.75, 3.05) is 0 Å². The van der Waals surface area contributed by atoms with Gasteiger partial charge in [0.05, 0.1) is 5.56 Å². The first kappa shape index (κ1) is 12.4. The third-order valence-corrected chi connectivity index (χ3v) is 3.32. The summed E-state index contributed by atoms with van der Waals surface area (Å²) in [5, 5.41) is 0. The number of benzene rings is 1. The maximum Gasteiger partial charge on any atom is 0.416 e. The molecule has 0 aromatic heterocycles. The Labute approximate surface area is 91.2 Å². The Balaban J connectivity index is 3.34. The Hall–Kier alpha value is -0.630. The van der Waals surface area contributed by atoms with Gasteiger partial charge >= 0.3 is 16.4 Å². The summed E-state index contributed by atoms with van der Waals surface area (Å²) in [4.78, 5) is -0.824. The van der Waals surface area contributed by atoms with Crippen molar-refractivity contribution in [1.82, 2.24) is 0 Å². The molecule has 0 bridgehead atoms. The van der Waals surface area contributed by atoms with Crippen molar-refractivity contribution in [2.24, 2.45) is 0 Å². The van der Waals surface area contributed by atoms with Gasteiger partial charge in [0, 0.05) is 4.47 Å². The Morgan fingerprint density at radius 1 is 1.20 bits per heavy atom. The number of alkyl halides is 3. The molecule has 1 aromatic rings. The molecule has 0 unspecified atom stereocenters. The SMILES string of the molecule is O=S(=O)(F)c1ccc(C(F)(F)F)cc1Br. The van der Waals surface area contributed by atoms with E-state index in [0.717, 1.165) is 0 Å². The lowest BCUT2D eigenvalue weighted by Gasteiger charge is -2.07. The van der Waals surface area contributed by atoms with Crippen molar-refractivity contribution in [3.05, 3.63) is 28.2 Å². The van der Waals surface area contributed by atoms with Gasteiger partial charge in [0.15, 0.2) is 0 Å². The fourth-order valence-electron chi connectivity index (χ4n) is 0.875. The summed E-state index contributed by atoms with van der Waals surface area (Å²) >= 11 is 2.56. The molecule has 84 valence electrons. The van der Waals surface area contributed by atoms with Crippen molar-refractivity contribution < 1.29 is 25.5 Å². The van der Waals surface area contributed by atoms with Gasteiger partial charge in [0.1, 0.15) is 4.90 Å². The van der Waals surface area contributed by atoms with Gasteiger partial charge in [0.25, 0.3) is 0 Å². The van der Waals surface area contributed by atoms with Crippen LogP contribution < -0.4 is 0 Å². The summed E-state index contributed by atoms with van der Waals surface area (Å²) in [6, 6.07) is 1.56. The van der Waals surface area contributed by atoms with Crippen molar-refractivity contribution in [2.45, 2.75) is 11.1 Å². The van der Waals surface area contributed by atoms with Crippen molar-refractivity contribution in [1.29, 1.82) is 0 Å². The molecule has 0 heterocycles. The zero-order valence-corrected chi connectivity index (χ0v) is 9.25. The maximum absolute atomic E-state index is 12.5. The predicted octanol–water partition coefficient (Wildman–Crippen LogP) is 3.13. The fraction of sp³-hybridized carbons (Fsp3) is 0.143. The molecule has 2 nitrogen and oxygen atoms in total. The van der Waals surface area contributed by atoms with Crippen molar-refractivity contribution in [3.8, 4) is 0 Å². The highest BCUT2D eigenvalue weighted by Crippen LogP contribution is 2.33. The van der Waals surface area contributed by atoms with E-state index < -0.39 is 31.3 Å². The minimum absolute atomic E-state index is 0.458. The first-order chi connectivity index (χ1) is 6.62. The Morgan fingerprint density at radius 2 is 1.73 bits per heavy atom. The van der Waals surface area contributed by atoms with Crippen LogP contribution in [0.4, 0.5) is 17.1 Å². The van der Waals surface area contributed by atoms with Crippen LogP contribution in [0.15, 0.2) is 27.6 Å². The van der Waals surface area contributed by atoms with Crippen LogP contribution in [0, 0.1) is 0 Å². The molecule has 0 fully saturated rings. The first-order valence-corrected chi connectivity index (χ1v) is 5.61. The summed E-state index contributed by atoms with van der Waals surface area (Å²) in [5.41, 5.74) is -1.05. The van der Waals surface area contributed by atoms with E-state index in [-0.39, 0.29) is 0 Å². The fourth-order valence-corrected chi connectivity index (χ4v) is 2.36. The Morgan fingerprint density at radius 3 is 2.07 bits per heavy atom. The van der Waals surface area contributed by atoms with Gasteiger partial charge in [-0.1, -0.05) is 0 Å². The molecule has 0 saturated heterocycles. The standard InChI is InChI=1S/C7H3BrF4O2S/c8-5-3-4(7(9,10)11)1-2-6(5)15(12,13)14/h1-3H. The molecule has 0 aliphatic rings. The van der Waals surface area contributed by atoms with Gasteiger partial charge in [-0.15, -0.1) is 3.89 Å². The average Bonchev–Trinajstić information content (AvgIpc) is 1.99. The predicted molar refractivity (Wildman–Crippen MR) is 47.4 cm³/mol. The molecule has 0 atom stereocenters. The number of halogens is 5. The molecule has 0 N–H and O–H groups in total. The summed E-state index contributed by atoms with van der Waals surface area (Å²) in [6.45, 7) is 0. The van der Waals surface area contributed by atoms with Gasteiger partial charge in [-0.05, 0) is 34.1 Å². The summed E-state index contributed by atoms with van der Waals surface area (Å²) < 4.78 is 69.3. The molecule has 0 amide bonds. The van der Waals surface area contributed by atoms with Gasteiger partial charge < -0.3 is 0 Å². The molecule has 8 heteroatoms. The first-order valence-electron chi connectivity index (χ1n) is 3.44. The van der Waals surface area contributed by atoms with E-state index in [2.05, 4.69) is 15.9 Å². The highest BCUT2D eigenvalue weighted by Gasteiger charge is 2.31. The minimum atomic E-state index is -5.01. The molecule has 0 radical (unpaired) electrons. The normalized spacial score (nSPS) is 12.9. The van der Waals surface area contributed by atoms with Crippen LogP contribution in [0.3, 0.4) is 0 Å². The van der Waals surface area contributed by atoms with E-state index in [9.17, 15) is 25.5 Å². The summed E-state index contributed by atoms with van der Waals surface area (Å²) in [7, 11) is -5.01. The quantitative estimate of drug-likeness (QED) is 0.590. The van der Waals surface area contributed by atoms with Crippen LogP contribution in [-0.4, -0.2) is 8.42 Å². The van der Waals surface area contributed by atoms with Crippen LogP contribution in [0.25, 0.3) is 0 Å². The van der Waals surface area contributed by atoms with Crippen LogP contribution in [-0.2, 0) is 16.4 Å². The van der Waals surface area contributed by atoms with Crippen molar-refractivity contribution >= 4 is 26.2 Å². The lowest BCUT2D eigenvalue weighted by Crippen LogP contribution is -2.05. The zero-order valence-electron chi connectivity index (χ0n) is 6.85. The van der Waals surface area contributed by atoms with E-state index in [1.807, 2.05) is 0 Å². The Kier molecular flexibility index (Phi) is 3.11. The van der Waals surface area contributed by atoms with E-state index in [1.54, 1.807) is 0 Å². The van der Waals surface area contributed by atoms with Crippen LogP contribution in [0.2, 0.25) is 0 Å². The van der Waals surface area contributed by atoms with E-state index in [4.69, 9.17) is 0 Å². The smallest absolute Gasteiger partial charge is 0.189 e. The second-order valence-electron chi connectivity index (χ2n) is 2.58. The van der Waals surface area contributed by atoms with Gasteiger partial charge in [-0.2, -0.15) is 21.6 Å². The molecule has 0 spiro atoms. The largest absolute Gasteiger partial charge is 0.416 e. The third kappa shape index (κ3) is 2.91. The topological polar surface area (TPSA) is 34.1 Å². The van der Waals surface area contributed by atoms with Gasteiger partial charge in [0.2, 0.25) is 0 Å². The molecule has 1 rings (SSSR count). The van der Waals surface area contributed by atoms with Gasteiger partial charge in [-0.3, -0.25) is 0 Å². The van der Waals surface area contributed by atoms with Crippen LogP contribution >= 0.6 is 15.9 Å². The van der Waals surface area contributed by atoms with Crippen LogP contribution in [0.5, 0.6) is 0 Å². The third-order valence-electron chi connectivity index (χ3n) is 1.52. The molecular weight excluding hydrogens is 304 g/mol. The van der Waals surface area contributed by atoms with E-state index >= 15 is 0 Å². The summed E-state index contributed by atoms with van der Waals surface area (Å²) in [6.07, 6.45) is -4.60. The molecular formula is C7H3BrF4O2S. The maximum atomic E-state index is 12.5. The second-order valence-corrected chi connectivity index (χ2v) is 4.75. The number of hydrogen-bond donors (Lipinski definition) is 0. The molecule has 0 aliphatic carbocycles. The zero-order chi connectivity index (χ0) is 11.9. The highest BCUT2D eigenvalue weighted by molar-refractivity contribution is 9.10. The average molecular weight is 307 g/mol. The van der Waals surface area contributed by atoms with Crippen LogP contribution in [0.1, 0.15) is 5.56 Å². The monoisotopic (exact) mass is 306 g/mol. The van der Waals surface area contributed by atoms with E-state index in [0.29, 0.717) is 18.2 Å². The second kappa shape index (κ2) is 3.75. The minimum Gasteiger partial charge on any atom is -0.189 e. The lowest BCUT2D eigenvalue weighted by molar-refractivity contribution is -0.137. The van der Waals surface area contributed by atoms with Gasteiger partial charge in [-0.25, -0.2) is 0 Å². The number of rotatable bonds is 1. The molecule has 1 aromatic carbocycles. The summed E-state index contributed by atoms with van der Waals surface area (Å²) in [5.74, 6) is 0. The van der Waals surface area contributed by atoms with Crippen molar-refractivity contribution in [3.63, 3.8) is 0 Å². The molecule has 0 aliphatic heterocycles. The molecule has 0 saturated carbocycles. The lowest BCUT2D eigenvalue weighted by atomic mass is 10.2. The number of hydrogen-bond acceptors (Lipinski definition) is 2. The highest BCUT2D eigenvalue weighted by atomic mass is 79.9. The Bertz CT molecular complexity index is 480. The van der Waals surface area contributed by atoms with E-state index in [1.165, 1.54) is 0 Å². The molecule has 15 heavy (non-hydrogen) atoms.